The van der Waals surface area contributed by atoms with E-state index in [-0.39, 0.29) is 11.7 Å². The number of amides is 1. The van der Waals surface area contributed by atoms with Crippen molar-refractivity contribution in [2.45, 2.75) is 6.54 Å². The topological polar surface area (TPSA) is 68.0 Å². The third-order valence-electron chi connectivity index (χ3n) is 3.10. The number of hydrogen-bond donors (Lipinski definition) is 2. The first kappa shape index (κ1) is 13.5. The SMILES string of the molecule is Nc1c(C(=O)NCc2ccncc2)sc2ccc(F)cc12. The molecule has 0 fully saturated rings. The molecule has 0 atom stereocenters. The van der Waals surface area contributed by atoms with Gasteiger partial charge in [-0.05, 0) is 35.9 Å². The third-order valence-corrected chi connectivity index (χ3v) is 4.28. The summed E-state index contributed by atoms with van der Waals surface area (Å²) in [6, 6.07) is 7.98. The Bertz CT molecular complexity index is 801. The number of nitrogens with two attached hydrogens (primary N) is 1. The average Bonchev–Trinajstić information content (AvgIpc) is 2.83. The minimum absolute atomic E-state index is 0.258. The average molecular weight is 301 g/mol. The number of nitrogens with zero attached hydrogens (tertiary/aromatic N) is 1. The van der Waals surface area contributed by atoms with Crippen LogP contribution in [-0.2, 0) is 6.54 Å². The molecular formula is C15H12FN3OS. The summed E-state index contributed by atoms with van der Waals surface area (Å²) in [5.41, 5.74) is 7.22. The Morgan fingerprint density at radius 2 is 2.05 bits per heavy atom. The van der Waals surface area contributed by atoms with Crippen LogP contribution in [0, 0.1) is 5.82 Å². The van der Waals surface area contributed by atoms with Crippen LogP contribution in [0.15, 0.2) is 42.7 Å². The molecular weight excluding hydrogens is 289 g/mol. The molecule has 6 heteroatoms. The number of rotatable bonds is 3. The zero-order valence-corrected chi connectivity index (χ0v) is 11.8. The van der Waals surface area contributed by atoms with E-state index in [1.165, 1.54) is 23.5 Å². The molecule has 1 aromatic carbocycles. The molecule has 0 bridgehead atoms. The number of thiophene rings is 1. The van der Waals surface area contributed by atoms with E-state index in [4.69, 9.17) is 5.73 Å². The molecule has 0 aliphatic heterocycles. The highest BCUT2D eigenvalue weighted by Gasteiger charge is 2.16. The van der Waals surface area contributed by atoms with E-state index in [1.807, 2.05) is 12.1 Å². The summed E-state index contributed by atoms with van der Waals surface area (Å²) < 4.78 is 14.0. The zero-order valence-electron chi connectivity index (χ0n) is 11.0. The Labute approximate surface area is 124 Å². The predicted molar refractivity (Wildman–Crippen MR) is 81.6 cm³/mol. The molecule has 0 aliphatic carbocycles. The molecule has 0 saturated heterocycles. The minimum atomic E-state index is -0.365. The standard InChI is InChI=1S/C15H12FN3OS/c16-10-1-2-12-11(7-10)13(17)14(21-12)15(20)19-8-9-3-5-18-6-4-9/h1-7H,8,17H2,(H,19,20). The van der Waals surface area contributed by atoms with Crippen molar-refractivity contribution < 1.29 is 9.18 Å². The van der Waals surface area contributed by atoms with Gasteiger partial charge in [0.15, 0.2) is 0 Å². The van der Waals surface area contributed by atoms with E-state index in [1.54, 1.807) is 18.5 Å². The lowest BCUT2D eigenvalue weighted by atomic mass is 10.2. The Morgan fingerprint density at radius 3 is 2.81 bits per heavy atom. The fourth-order valence-corrected chi connectivity index (χ4v) is 3.04. The highest BCUT2D eigenvalue weighted by Crippen LogP contribution is 2.33. The number of pyridine rings is 1. The summed E-state index contributed by atoms with van der Waals surface area (Å²) in [5.74, 6) is -0.623. The first-order valence-electron chi connectivity index (χ1n) is 6.30. The van der Waals surface area contributed by atoms with Crippen molar-refractivity contribution in [3.8, 4) is 0 Å². The summed E-state index contributed by atoms with van der Waals surface area (Å²) in [6.07, 6.45) is 3.33. The highest BCUT2D eigenvalue weighted by atomic mass is 32.1. The van der Waals surface area contributed by atoms with Gasteiger partial charge in [-0.15, -0.1) is 11.3 Å². The number of aromatic nitrogens is 1. The molecule has 2 heterocycles. The summed E-state index contributed by atoms with van der Waals surface area (Å²) in [5, 5.41) is 3.38. The number of fused-ring (bicyclic) bond motifs is 1. The van der Waals surface area contributed by atoms with Crippen LogP contribution in [0.4, 0.5) is 10.1 Å². The van der Waals surface area contributed by atoms with E-state index in [0.29, 0.717) is 22.5 Å². The van der Waals surface area contributed by atoms with E-state index in [2.05, 4.69) is 10.3 Å². The normalized spacial score (nSPS) is 10.7. The summed E-state index contributed by atoms with van der Waals surface area (Å²) in [6.45, 7) is 0.392. The molecule has 0 radical (unpaired) electrons. The number of nitrogens with one attached hydrogen (secondary N) is 1. The van der Waals surface area contributed by atoms with Crippen LogP contribution in [0.1, 0.15) is 15.2 Å². The Kier molecular flexibility index (Phi) is 3.53. The molecule has 21 heavy (non-hydrogen) atoms. The van der Waals surface area contributed by atoms with Crippen LogP contribution < -0.4 is 11.1 Å². The van der Waals surface area contributed by atoms with Crippen molar-refractivity contribution in [1.29, 1.82) is 0 Å². The van der Waals surface area contributed by atoms with Gasteiger partial charge in [0.1, 0.15) is 10.7 Å². The van der Waals surface area contributed by atoms with E-state index in [0.717, 1.165) is 10.3 Å². The molecule has 0 unspecified atom stereocenters. The number of nitrogen functional groups attached to an aromatic ring is 1. The number of halogens is 1. The Hall–Kier alpha value is -2.47. The molecule has 0 aliphatic rings. The zero-order chi connectivity index (χ0) is 14.8. The first-order valence-corrected chi connectivity index (χ1v) is 7.11. The fourth-order valence-electron chi connectivity index (χ4n) is 2.02. The number of anilines is 1. The molecule has 3 aromatic rings. The quantitative estimate of drug-likeness (QED) is 0.781. The van der Waals surface area contributed by atoms with Crippen molar-refractivity contribution in [3.05, 3.63) is 59.0 Å². The lowest BCUT2D eigenvalue weighted by Gasteiger charge is -2.04. The van der Waals surface area contributed by atoms with Crippen LogP contribution in [0.25, 0.3) is 10.1 Å². The van der Waals surface area contributed by atoms with Gasteiger partial charge in [0.25, 0.3) is 5.91 Å². The molecule has 4 nitrogen and oxygen atoms in total. The molecule has 0 saturated carbocycles. The van der Waals surface area contributed by atoms with Crippen molar-refractivity contribution in [2.75, 3.05) is 5.73 Å². The van der Waals surface area contributed by atoms with Crippen molar-refractivity contribution in [1.82, 2.24) is 10.3 Å². The summed E-state index contributed by atoms with van der Waals surface area (Å²) >= 11 is 1.26. The van der Waals surface area contributed by atoms with Gasteiger partial charge in [-0.25, -0.2) is 4.39 Å². The van der Waals surface area contributed by atoms with Crippen LogP contribution in [0.2, 0.25) is 0 Å². The third kappa shape index (κ3) is 2.71. The fraction of sp³-hybridized carbons (Fsp3) is 0.0667. The van der Waals surface area contributed by atoms with Crippen molar-refractivity contribution >= 4 is 33.0 Å². The lowest BCUT2D eigenvalue weighted by molar-refractivity contribution is 0.0956. The summed E-state index contributed by atoms with van der Waals surface area (Å²) in [4.78, 5) is 16.5. The van der Waals surface area contributed by atoms with Crippen LogP contribution in [0.3, 0.4) is 0 Å². The van der Waals surface area contributed by atoms with Crippen LogP contribution in [0.5, 0.6) is 0 Å². The molecule has 2 aromatic heterocycles. The Morgan fingerprint density at radius 1 is 1.29 bits per heavy atom. The number of benzene rings is 1. The van der Waals surface area contributed by atoms with E-state index >= 15 is 0 Å². The molecule has 3 N–H and O–H groups in total. The smallest absolute Gasteiger partial charge is 0.263 e. The maximum Gasteiger partial charge on any atom is 0.263 e. The lowest BCUT2D eigenvalue weighted by Crippen LogP contribution is -2.22. The van der Waals surface area contributed by atoms with Crippen molar-refractivity contribution in [2.24, 2.45) is 0 Å². The van der Waals surface area contributed by atoms with Gasteiger partial charge in [-0.3, -0.25) is 9.78 Å². The minimum Gasteiger partial charge on any atom is -0.397 e. The van der Waals surface area contributed by atoms with Gasteiger partial charge in [0.2, 0.25) is 0 Å². The second-order valence-corrected chi connectivity index (χ2v) is 5.58. The van der Waals surface area contributed by atoms with Crippen molar-refractivity contribution in [3.63, 3.8) is 0 Å². The van der Waals surface area contributed by atoms with Gasteiger partial charge in [0.05, 0.1) is 5.69 Å². The molecule has 0 spiro atoms. The molecule has 106 valence electrons. The largest absolute Gasteiger partial charge is 0.397 e. The highest BCUT2D eigenvalue weighted by molar-refractivity contribution is 7.21. The predicted octanol–water partition coefficient (Wildman–Crippen LogP) is 2.95. The van der Waals surface area contributed by atoms with Gasteiger partial charge in [-0.2, -0.15) is 0 Å². The summed E-state index contributed by atoms with van der Waals surface area (Å²) in [7, 11) is 0. The maximum atomic E-state index is 13.2. The van der Waals surface area contributed by atoms with Gasteiger partial charge in [0, 0.05) is 29.0 Å². The van der Waals surface area contributed by atoms with Gasteiger partial charge in [-0.1, -0.05) is 0 Å². The monoisotopic (exact) mass is 301 g/mol. The maximum absolute atomic E-state index is 13.2. The first-order chi connectivity index (χ1) is 10.1. The van der Waals surface area contributed by atoms with Gasteiger partial charge < -0.3 is 11.1 Å². The molecule has 1 amide bonds. The number of hydrogen-bond acceptors (Lipinski definition) is 4. The Balaban J connectivity index is 1.83. The van der Waals surface area contributed by atoms with E-state index in [9.17, 15) is 9.18 Å². The number of carbonyl (C=O) groups excluding carboxylic acids is 1. The molecule has 3 rings (SSSR count). The van der Waals surface area contributed by atoms with E-state index < -0.39 is 0 Å². The van der Waals surface area contributed by atoms with Crippen LogP contribution >= 0.6 is 11.3 Å². The second-order valence-electron chi connectivity index (χ2n) is 4.52. The second kappa shape index (κ2) is 5.49. The van der Waals surface area contributed by atoms with Crippen LogP contribution in [-0.4, -0.2) is 10.9 Å². The number of carbonyl (C=O) groups is 1. The van der Waals surface area contributed by atoms with Gasteiger partial charge >= 0.3 is 0 Å².